The van der Waals surface area contributed by atoms with Crippen LogP contribution in [-0.4, -0.2) is 21.2 Å². The van der Waals surface area contributed by atoms with Gasteiger partial charge in [-0.1, -0.05) is 18.0 Å². The van der Waals surface area contributed by atoms with E-state index in [9.17, 15) is 0 Å². The Balaban J connectivity index is 1.76. The van der Waals surface area contributed by atoms with Crippen molar-refractivity contribution in [3.63, 3.8) is 0 Å². The SMILES string of the molecule is NC1CCCCC1Cc1nc(-c2ncc(Br)cc2Br)no1. The van der Waals surface area contributed by atoms with Crippen molar-refractivity contribution in [2.75, 3.05) is 0 Å². The molecule has 0 aromatic carbocycles. The van der Waals surface area contributed by atoms with Crippen LogP contribution < -0.4 is 5.73 Å². The molecule has 0 saturated heterocycles. The van der Waals surface area contributed by atoms with Gasteiger partial charge in [0, 0.05) is 27.6 Å². The molecule has 1 aliphatic carbocycles. The number of halogens is 2. The molecule has 1 fully saturated rings. The Hall–Kier alpha value is -0.790. The molecule has 2 N–H and O–H groups in total. The van der Waals surface area contributed by atoms with Crippen LogP contribution in [0.5, 0.6) is 0 Å². The zero-order chi connectivity index (χ0) is 14.8. The fourth-order valence-corrected chi connectivity index (χ4v) is 3.89. The number of hydrogen-bond donors (Lipinski definition) is 1. The maximum absolute atomic E-state index is 6.17. The maximum Gasteiger partial charge on any atom is 0.227 e. The van der Waals surface area contributed by atoms with Gasteiger partial charge in [0.05, 0.1) is 0 Å². The Morgan fingerprint density at radius 1 is 1.29 bits per heavy atom. The van der Waals surface area contributed by atoms with Crippen LogP contribution in [0.4, 0.5) is 0 Å². The first kappa shape index (κ1) is 15.1. The summed E-state index contributed by atoms with van der Waals surface area (Å²) >= 11 is 6.84. The molecule has 21 heavy (non-hydrogen) atoms. The molecule has 2 atom stereocenters. The van der Waals surface area contributed by atoms with Crippen LogP contribution in [0, 0.1) is 5.92 Å². The molecular formula is C14H16Br2N4O. The minimum Gasteiger partial charge on any atom is -0.339 e. The molecule has 3 rings (SSSR count). The Morgan fingerprint density at radius 2 is 2.10 bits per heavy atom. The van der Waals surface area contributed by atoms with Crippen molar-refractivity contribution in [1.29, 1.82) is 0 Å². The summed E-state index contributed by atoms with van der Waals surface area (Å²) in [5, 5.41) is 4.03. The molecule has 0 spiro atoms. The Morgan fingerprint density at radius 3 is 2.86 bits per heavy atom. The van der Waals surface area contributed by atoms with Crippen molar-refractivity contribution in [2.45, 2.75) is 38.1 Å². The van der Waals surface area contributed by atoms with Crippen LogP contribution in [0.2, 0.25) is 0 Å². The molecular weight excluding hydrogens is 400 g/mol. The third kappa shape index (κ3) is 3.52. The van der Waals surface area contributed by atoms with Gasteiger partial charge in [0.1, 0.15) is 5.69 Å². The van der Waals surface area contributed by atoms with Crippen molar-refractivity contribution in [3.8, 4) is 11.5 Å². The van der Waals surface area contributed by atoms with Gasteiger partial charge < -0.3 is 10.3 Å². The standard InChI is InChI=1S/C14H16Br2N4O/c15-9-6-10(16)13(18-7-9)14-19-12(21-20-14)5-8-3-1-2-4-11(8)17/h6-8,11H,1-5,17H2. The Kier molecular flexibility index (Phi) is 4.71. The topological polar surface area (TPSA) is 77.8 Å². The summed E-state index contributed by atoms with van der Waals surface area (Å²) < 4.78 is 7.10. The van der Waals surface area contributed by atoms with Crippen molar-refractivity contribution in [2.24, 2.45) is 11.7 Å². The number of nitrogens with zero attached hydrogens (tertiary/aromatic N) is 3. The predicted molar refractivity (Wildman–Crippen MR) is 86.6 cm³/mol. The normalized spacial score (nSPS) is 22.4. The lowest BCUT2D eigenvalue weighted by atomic mass is 9.83. The van der Waals surface area contributed by atoms with E-state index in [1.807, 2.05) is 6.07 Å². The first-order valence-electron chi connectivity index (χ1n) is 7.03. The van der Waals surface area contributed by atoms with E-state index < -0.39 is 0 Å². The third-order valence-electron chi connectivity index (χ3n) is 3.89. The zero-order valence-electron chi connectivity index (χ0n) is 11.4. The van der Waals surface area contributed by atoms with E-state index in [0.717, 1.165) is 28.2 Å². The Bertz CT molecular complexity index is 631. The molecule has 5 nitrogen and oxygen atoms in total. The van der Waals surface area contributed by atoms with Crippen molar-refractivity contribution in [1.82, 2.24) is 15.1 Å². The van der Waals surface area contributed by atoms with Gasteiger partial charge in [-0.2, -0.15) is 4.98 Å². The predicted octanol–water partition coefficient (Wildman–Crippen LogP) is 3.72. The van der Waals surface area contributed by atoms with Crippen LogP contribution in [0.1, 0.15) is 31.6 Å². The van der Waals surface area contributed by atoms with Crippen LogP contribution in [0.15, 0.2) is 25.7 Å². The molecule has 0 radical (unpaired) electrons. The van der Waals surface area contributed by atoms with E-state index >= 15 is 0 Å². The highest BCUT2D eigenvalue weighted by Crippen LogP contribution is 2.29. The second kappa shape index (κ2) is 6.54. The molecule has 7 heteroatoms. The highest BCUT2D eigenvalue weighted by molar-refractivity contribution is 9.11. The summed E-state index contributed by atoms with van der Waals surface area (Å²) in [7, 11) is 0. The van der Waals surface area contributed by atoms with Gasteiger partial charge in [-0.05, 0) is 56.7 Å². The van der Waals surface area contributed by atoms with E-state index in [4.69, 9.17) is 10.3 Å². The molecule has 0 aliphatic heterocycles. The summed E-state index contributed by atoms with van der Waals surface area (Å²) in [6.07, 6.45) is 7.15. The van der Waals surface area contributed by atoms with E-state index in [2.05, 4.69) is 47.0 Å². The molecule has 2 heterocycles. The van der Waals surface area contributed by atoms with Crippen molar-refractivity contribution < 1.29 is 4.52 Å². The van der Waals surface area contributed by atoms with Crippen LogP contribution in [-0.2, 0) is 6.42 Å². The van der Waals surface area contributed by atoms with E-state index in [1.165, 1.54) is 12.8 Å². The van der Waals surface area contributed by atoms with E-state index in [1.54, 1.807) is 6.20 Å². The highest BCUT2D eigenvalue weighted by Gasteiger charge is 2.24. The number of pyridine rings is 1. The summed E-state index contributed by atoms with van der Waals surface area (Å²) in [6, 6.07) is 2.15. The first-order valence-corrected chi connectivity index (χ1v) is 8.61. The number of nitrogens with two attached hydrogens (primary N) is 1. The molecule has 1 aliphatic rings. The van der Waals surface area contributed by atoms with Crippen LogP contribution in [0.3, 0.4) is 0 Å². The van der Waals surface area contributed by atoms with E-state index in [0.29, 0.717) is 23.3 Å². The van der Waals surface area contributed by atoms with E-state index in [-0.39, 0.29) is 6.04 Å². The van der Waals surface area contributed by atoms with Crippen molar-refractivity contribution in [3.05, 3.63) is 27.1 Å². The molecule has 2 aromatic rings. The second-order valence-electron chi connectivity index (χ2n) is 5.41. The molecule has 112 valence electrons. The monoisotopic (exact) mass is 414 g/mol. The fourth-order valence-electron chi connectivity index (χ4n) is 2.73. The molecule has 0 bridgehead atoms. The molecule has 2 aromatic heterocycles. The molecule has 1 saturated carbocycles. The smallest absolute Gasteiger partial charge is 0.227 e. The van der Waals surface area contributed by atoms with Gasteiger partial charge in [0.25, 0.3) is 0 Å². The van der Waals surface area contributed by atoms with Crippen LogP contribution in [0.25, 0.3) is 11.5 Å². The summed E-state index contributed by atoms with van der Waals surface area (Å²) in [5.74, 6) is 1.59. The van der Waals surface area contributed by atoms with Gasteiger partial charge in [-0.15, -0.1) is 0 Å². The van der Waals surface area contributed by atoms with Gasteiger partial charge in [0.15, 0.2) is 0 Å². The lowest BCUT2D eigenvalue weighted by Crippen LogP contribution is -2.34. The molecule has 0 amide bonds. The first-order chi connectivity index (χ1) is 10.1. The average Bonchev–Trinajstić information content (AvgIpc) is 2.90. The summed E-state index contributed by atoms with van der Waals surface area (Å²) in [4.78, 5) is 8.78. The van der Waals surface area contributed by atoms with Gasteiger partial charge >= 0.3 is 0 Å². The van der Waals surface area contributed by atoms with Crippen molar-refractivity contribution >= 4 is 31.9 Å². The summed E-state index contributed by atoms with van der Waals surface area (Å²) in [6.45, 7) is 0. The second-order valence-corrected chi connectivity index (χ2v) is 7.18. The van der Waals surface area contributed by atoms with Gasteiger partial charge in [-0.3, -0.25) is 4.98 Å². The minimum absolute atomic E-state index is 0.242. The quantitative estimate of drug-likeness (QED) is 0.826. The number of hydrogen-bond acceptors (Lipinski definition) is 5. The zero-order valence-corrected chi connectivity index (χ0v) is 14.6. The lowest BCUT2D eigenvalue weighted by Gasteiger charge is -2.27. The maximum atomic E-state index is 6.17. The highest BCUT2D eigenvalue weighted by atomic mass is 79.9. The van der Waals surface area contributed by atoms with Crippen LogP contribution >= 0.6 is 31.9 Å². The minimum atomic E-state index is 0.242. The molecule has 2 unspecified atom stereocenters. The third-order valence-corrected chi connectivity index (χ3v) is 4.93. The Labute approximate surface area is 140 Å². The average molecular weight is 416 g/mol. The van der Waals surface area contributed by atoms with Gasteiger partial charge in [0.2, 0.25) is 11.7 Å². The summed E-state index contributed by atoms with van der Waals surface area (Å²) in [5.41, 5.74) is 6.85. The fraction of sp³-hybridized carbons (Fsp3) is 0.500. The van der Waals surface area contributed by atoms with Gasteiger partial charge in [-0.25, -0.2) is 0 Å². The number of aromatic nitrogens is 3. The largest absolute Gasteiger partial charge is 0.339 e. The number of rotatable bonds is 3. The lowest BCUT2D eigenvalue weighted by molar-refractivity contribution is 0.273.